The Balaban J connectivity index is 0.930. The monoisotopic (exact) mass is 801 g/mol. The maximum absolute atomic E-state index is 14.3. The van der Waals surface area contributed by atoms with Crippen molar-refractivity contribution in [1.82, 2.24) is 29.8 Å². The van der Waals surface area contributed by atoms with E-state index in [9.17, 15) is 24.4 Å². The van der Waals surface area contributed by atoms with Gasteiger partial charge in [0.15, 0.2) is 0 Å². The molecule has 15 heteroatoms. The molecule has 1 spiro atoms. The molecule has 58 heavy (non-hydrogen) atoms. The molecule has 3 amide bonds. The lowest BCUT2D eigenvalue weighted by Crippen LogP contribution is -2.77. The Morgan fingerprint density at radius 1 is 1.02 bits per heavy atom. The number of fused-ring (bicyclic) bond motifs is 1. The average Bonchev–Trinajstić information content (AvgIpc) is 3.18. The summed E-state index contributed by atoms with van der Waals surface area (Å²) in [5, 5.41) is 18.5. The SMILES string of the molecule is CC1(C)C(Oc2ccc(C#N)c(Cl)c2)C(C)(C)C1N1C(=O)CCC(n2nnc3ccc(N4CC5(CCN(CC#Cc6ccc(C(N)=O)cn6)CC5)C4)cc3c2=O)C1=O. The summed E-state index contributed by atoms with van der Waals surface area (Å²) in [6, 6.07) is 14.3. The van der Waals surface area contributed by atoms with Crippen LogP contribution in [-0.2, 0) is 9.59 Å². The number of carbonyl (C=O) groups excluding carboxylic acids is 3. The highest BCUT2D eigenvalue weighted by molar-refractivity contribution is 6.31. The number of hydrogen-bond acceptors (Lipinski definition) is 11. The number of nitrogens with zero attached hydrogens (tertiary/aromatic N) is 8. The number of hydrogen-bond donors (Lipinski definition) is 1. The number of piperidine rings is 2. The van der Waals surface area contributed by atoms with Crippen LogP contribution in [0.5, 0.6) is 5.75 Å². The number of imide groups is 1. The van der Waals surface area contributed by atoms with Gasteiger partial charge in [0.05, 0.1) is 34.1 Å². The molecule has 2 aromatic carbocycles. The first-order valence-electron chi connectivity index (χ1n) is 19.5. The number of carbonyl (C=O) groups is 3. The molecule has 3 saturated heterocycles. The third kappa shape index (κ3) is 6.74. The van der Waals surface area contributed by atoms with Gasteiger partial charge in [-0.3, -0.25) is 29.0 Å². The Hall–Kier alpha value is -5.83. The minimum Gasteiger partial charge on any atom is -0.489 e. The van der Waals surface area contributed by atoms with E-state index >= 15 is 0 Å². The zero-order valence-corrected chi connectivity index (χ0v) is 33.6. The van der Waals surface area contributed by atoms with Gasteiger partial charge in [-0.2, -0.15) is 9.94 Å². The van der Waals surface area contributed by atoms with Crippen LogP contribution in [-0.4, -0.2) is 92.4 Å². The maximum Gasteiger partial charge on any atom is 0.278 e. The van der Waals surface area contributed by atoms with E-state index in [2.05, 4.69) is 36.9 Å². The summed E-state index contributed by atoms with van der Waals surface area (Å²) in [7, 11) is 0. The van der Waals surface area contributed by atoms with Crippen molar-refractivity contribution in [3.8, 4) is 23.7 Å². The number of aromatic nitrogens is 4. The first kappa shape index (κ1) is 39.0. The van der Waals surface area contributed by atoms with Crippen LogP contribution in [0.25, 0.3) is 10.9 Å². The maximum atomic E-state index is 14.3. The highest BCUT2D eigenvalue weighted by atomic mass is 35.5. The van der Waals surface area contributed by atoms with Crippen molar-refractivity contribution < 1.29 is 19.1 Å². The van der Waals surface area contributed by atoms with Crippen molar-refractivity contribution in [1.29, 1.82) is 5.26 Å². The highest BCUT2D eigenvalue weighted by Crippen LogP contribution is 2.59. The number of anilines is 1. The van der Waals surface area contributed by atoms with Gasteiger partial charge in [0.25, 0.3) is 11.5 Å². The number of primary amides is 1. The lowest BCUT2D eigenvalue weighted by Gasteiger charge is -2.65. The van der Waals surface area contributed by atoms with Gasteiger partial charge in [-0.25, -0.2) is 4.98 Å². The van der Waals surface area contributed by atoms with Crippen molar-refractivity contribution >= 4 is 45.9 Å². The molecule has 2 aromatic heterocycles. The van der Waals surface area contributed by atoms with E-state index in [-0.39, 0.29) is 29.2 Å². The summed E-state index contributed by atoms with van der Waals surface area (Å²) in [6.45, 7) is 12.1. The van der Waals surface area contributed by atoms with Crippen LogP contribution in [0.4, 0.5) is 5.69 Å². The zero-order chi connectivity index (χ0) is 41.1. The fraction of sp³-hybridized carbons (Fsp3) is 0.442. The molecule has 0 radical (unpaired) electrons. The average molecular weight is 802 g/mol. The van der Waals surface area contributed by atoms with E-state index < -0.39 is 46.4 Å². The van der Waals surface area contributed by atoms with Gasteiger partial charge in [-0.05, 0) is 80.7 Å². The van der Waals surface area contributed by atoms with Crippen molar-refractivity contribution in [2.24, 2.45) is 22.0 Å². The van der Waals surface area contributed by atoms with Crippen molar-refractivity contribution in [2.45, 2.75) is 71.6 Å². The molecule has 5 heterocycles. The molecule has 1 unspecified atom stereocenters. The summed E-state index contributed by atoms with van der Waals surface area (Å²) >= 11 is 6.28. The smallest absolute Gasteiger partial charge is 0.278 e. The standard InChI is InChI=1S/C43H44ClN9O5/c1-41(2)39(42(3,4)40(41)58-30-11-8-26(22-45)32(44)21-30)52-35(54)14-13-34(38(52)57)53-37(56)31-20-29(10-12-33(31)48-49-53)51-24-43(25-51)15-18-50(19-16-43)17-5-6-28-9-7-27(23-47-28)36(46)55/h7-12,20-21,23,34,39-40H,13-19,24-25H2,1-4H3,(H2,46,55). The van der Waals surface area contributed by atoms with E-state index in [1.165, 1.54) is 11.1 Å². The van der Waals surface area contributed by atoms with Gasteiger partial charge in [0.1, 0.15) is 35.2 Å². The molecule has 4 aromatic rings. The zero-order valence-electron chi connectivity index (χ0n) is 32.9. The van der Waals surface area contributed by atoms with E-state index in [1.54, 1.807) is 36.4 Å². The summed E-state index contributed by atoms with van der Waals surface area (Å²) < 4.78 is 7.56. The number of likely N-dealkylation sites (tertiary alicyclic amines) is 2. The number of benzene rings is 2. The Kier molecular flexibility index (Phi) is 9.77. The number of nitriles is 1. The molecule has 14 nitrogen and oxygen atoms in total. The molecule has 4 aliphatic rings. The van der Waals surface area contributed by atoms with Crippen LogP contribution in [0.3, 0.4) is 0 Å². The third-order valence-corrected chi connectivity index (χ3v) is 12.9. The van der Waals surface area contributed by atoms with Crippen molar-refractivity contribution in [2.75, 3.05) is 37.6 Å². The third-order valence-electron chi connectivity index (χ3n) is 12.6. The molecular formula is C43H44ClN9O5. The van der Waals surface area contributed by atoms with Crippen LogP contribution >= 0.6 is 11.6 Å². The second-order valence-corrected chi connectivity index (χ2v) is 17.6. The second kappa shape index (κ2) is 14.5. The summed E-state index contributed by atoms with van der Waals surface area (Å²) in [6.07, 6.45) is 3.33. The Labute approximate surface area is 340 Å². The molecule has 1 aliphatic carbocycles. The summed E-state index contributed by atoms with van der Waals surface area (Å²) in [5.74, 6) is 5.45. The quantitative estimate of drug-likeness (QED) is 0.208. The van der Waals surface area contributed by atoms with Crippen molar-refractivity contribution in [3.05, 3.63) is 86.9 Å². The number of ether oxygens (including phenoxy) is 1. The molecule has 0 bridgehead atoms. The van der Waals surface area contributed by atoms with Crippen molar-refractivity contribution in [3.63, 3.8) is 0 Å². The Morgan fingerprint density at radius 3 is 2.41 bits per heavy atom. The van der Waals surface area contributed by atoms with Gasteiger partial charge in [-0.15, -0.1) is 5.10 Å². The van der Waals surface area contributed by atoms with Crippen LogP contribution in [0.1, 0.15) is 81.0 Å². The predicted molar refractivity (Wildman–Crippen MR) is 216 cm³/mol. The number of halogens is 1. The fourth-order valence-corrected chi connectivity index (χ4v) is 10.1. The van der Waals surface area contributed by atoms with Crippen LogP contribution in [0.2, 0.25) is 5.02 Å². The first-order valence-corrected chi connectivity index (χ1v) is 19.8. The minimum absolute atomic E-state index is 0.0747. The van der Waals surface area contributed by atoms with Crippen LogP contribution in [0.15, 0.2) is 59.5 Å². The number of pyridine rings is 1. The number of rotatable bonds is 7. The van der Waals surface area contributed by atoms with Gasteiger partial charge < -0.3 is 15.4 Å². The summed E-state index contributed by atoms with van der Waals surface area (Å²) in [4.78, 5) is 63.5. The van der Waals surface area contributed by atoms with E-state index in [4.69, 9.17) is 22.1 Å². The highest BCUT2D eigenvalue weighted by Gasteiger charge is 2.68. The topological polar surface area (TPSA) is 181 Å². The number of amides is 3. The molecule has 3 aliphatic heterocycles. The van der Waals surface area contributed by atoms with Crippen LogP contribution in [0, 0.1) is 39.4 Å². The first-order chi connectivity index (χ1) is 27.6. The number of nitrogens with two attached hydrogens (primary N) is 1. The largest absolute Gasteiger partial charge is 0.489 e. The molecule has 298 valence electrons. The normalized spacial score (nSPS) is 23.3. The lowest BCUT2D eigenvalue weighted by molar-refractivity contribution is -0.216. The molecule has 4 fully saturated rings. The lowest BCUT2D eigenvalue weighted by atomic mass is 9.48. The predicted octanol–water partition coefficient (Wildman–Crippen LogP) is 4.34. The van der Waals surface area contributed by atoms with E-state index in [0.717, 1.165) is 49.4 Å². The van der Waals surface area contributed by atoms with Gasteiger partial charge in [0, 0.05) is 53.7 Å². The fourth-order valence-electron chi connectivity index (χ4n) is 9.91. The van der Waals surface area contributed by atoms with Gasteiger partial charge >= 0.3 is 0 Å². The molecule has 1 saturated carbocycles. The molecule has 2 N–H and O–H groups in total. The van der Waals surface area contributed by atoms with Gasteiger partial charge in [0.2, 0.25) is 11.8 Å². The molecule has 8 rings (SSSR count). The molecular weight excluding hydrogens is 758 g/mol. The van der Waals surface area contributed by atoms with E-state index in [1.807, 2.05) is 45.9 Å². The minimum atomic E-state index is -0.990. The second-order valence-electron chi connectivity index (χ2n) is 17.2. The molecule has 1 atom stereocenters. The van der Waals surface area contributed by atoms with Gasteiger partial charge in [-0.1, -0.05) is 50.4 Å². The van der Waals surface area contributed by atoms with E-state index in [0.29, 0.717) is 40.0 Å². The Morgan fingerprint density at radius 2 is 1.76 bits per heavy atom. The Bertz CT molecular complexity index is 2490. The summed E-state index contributed by atoms with van der Waals surface area (Å²) in [5.41, 5.74) is 6.37. The van der Waals surface area contributed by atoms with Crippen LogP contribution < -0.4 is 20.9 Å².